The SMILES string of the molecule is O=C(O)C1OC(n2cnc3c(Cl)ncnc32)C2OC3(CCCCC3)OC12. The Morgan fingerprint density at radius 3 is 2.73 bits per heavy atom. The first kappa shape index (κ1) is 16.4. The number of hydrogen-bond acceptors (Lipinski definition) is 7. The summed E-state index contributed by atoms with van der Waals surface area (Å²) in [6.07, 6.45) is 4.46. The number of hydrogen-bond donors (Lipinski definition) is 1. The summed E-state index contributed by atoms with van der Waals surface area (Å²) in [7, 11) is 0. The molecule has 2 aliphatic heterocycles. The molecule has 0 amide bonds. The molecule has 2 aromatic heterocycles. The van der Waals surface area contributed by atoms with E-state index >= 15 is 0 Å². The van der Waals surface area contributed by atoms with Crippen LogP contribution in [0, 0.1) is 0 Å². The van der Waals surface area contributed by atoms with Gasteiger partial charge >= 0.3 is 5.97 Å². The summed E-state index contributed by atoms with van der Waals surface area (Å²) >= 11 is 6.07. The molecule has 4 unspecified atom stereocenters. The van der Waals surface area contributed by atoms with Crippen LogP contribution in [0.1, 0.15) is 38.3 Å². The predicted molar refractivity (Wildman–Crippen MR) is 87.4 cm³/mol. The fourth-order valence-electron chi connectivity index (χ4n) is 4.18. The Balaban J connectivity index is 1.54. The molecule has 1 N–H and O–H groups in total. The van der Waals surface area contributed by atoms with Gasteiger partial charge in [0.1, 0.15) is 24.1 Å². The van der Waals surface area contributed by atoms with Gasteiger partial charge in [0.15, 0.2) is 28.9 Å². The summed E-state index contributed by atoms with van der Waals surface area (Å²) < 4.78 is 19.8. The van der Waals surface area contributed by atoms with Crippen molar-refractivity contribution in [2.75, 3.05) is 0 Å². The van der Waals surface area contributed by atoms with Gasteiger partial charge in [-0.25, -0.2) is 19.7 Å². The van der Waals surface area contributed by atoms with Crippen LogP contribution in [0.25, 0.3) is 11.2 Å². The van der Waals surface area contributed by atoms with Crippen molar-refractivity contribution in [2.24, 2.45) is 0 Å². The lowest BCUT2D eigenvalue weighted by Crippen LogP contribution is -2.38. The standard InChI is InChI=1S/C16H17ClN4O5/c17-12-8-13(19-6-18-12)21(7-20-8)14-10-9(11(24-14)15(22)23)25-16(26-10)4-2-1-3-5-16/h6-7,9-11,14H,1-5H2,(H,22,23). The zero-order valence-electron chi connectivity index (χ0n) is 13.7. The summed E-state index contributed by atoms with van der Waals surface area (Å²) in [6, 6.07) is 0. The number of ether oxygens (including phenoxy) is 3. The van der Waals surface area contributed by atoms with Gasteiger partial charge in [0.05, 0.1) is 6.33 Å². The van der Waals surface area contributed by atoms with Crippen molar-refractivity contribution < 1.29 is 24.1 Å². The third-order valence-electron chi connectivity index (χ3n) is 5.34. The Bertz CT molecular complexity index is 867. The molecule has 0 radical (unpaired) electrons. The maximum atomic E-state index is 11.7. The highest BCUT2D eigenvalue weighted by molar-refractivity contribution is 6.33. The molecule has 1 spiro atoms. The van der Waals surface area contributed by atoms with Crippen molar-refractivity contribution in [3.05, 3.63) is 17.8 Å². The molecular formula is C16H17ClN4O5. The van der Waals surface area contributed by atoms with E-state index in [9.17, 15) is 9.90 Å². The lowest BCUT2D eigenvalue weighted by molar-refractivity contribution is -0.231. The van der Waals surface area contributed by atoms with E-state index in [1.54, 1.807) is 4.57 Å². The van der Waals surface area contributed by atoms with E-state index in [0.29, 0.717) is 11.2 Å². The molecule has 1 aliphatic carbocycles. The van der Waals surface area contributed by atoms with E-state index < -0.39 is 36.3 Å². The molecule has 0 bridgehead atoms. The van der Waals surface area contributed by atoms with Crippen LogP contribution in [0.5, 0.6) is 0 Å². The van der Waals surface area contributed by atoms with Crippen LogP contribution in [0.3, 0.4) is 0 Å². The second-order valence-electron chi connectivity index (χ2n) is 6.91. The van der Waals surface area contributed by atoms with E-state index in [2.05, 4.69) is 15.0 Å². The molecule has 138 valence electrons. The van der Waals surface area contributed by atoms with Crippen molar-refractivity contribution in [1.82, 2.24) is 19.5 Å². The number of imidazole rings is 1. The van der Waals surface area contributed by atoms with Gasteiger partial charge in [0.2, 0.25) is 0 Å². The minimum atomic E-state index is -1.11. The van der Waals surface area contributed by atoms with Crippen LogP contribution in [0.2, 0.25) is 5.15 Å². The highest BCUT2D eigenvalue weighted by atomic mass is 35.5. The van der Waals surface area contributed by atoms with Crippen LogP contribution in [0.4, 0.5) is 0 Å². The quantitative estimate of drug-likeness (QED) is 0.787. The molecule has 4 atom stereocenters. The molecule has 5 rings (SSSR count). The van der Waals surface area contributed by atoms with Crippen molar-refractivity contribution in [2.45, 2.75) is 62.4 Å². The second-order valence-corrected chi connectivity index (χ2v) is 7.27. The van der Waals surface area contributed by atoms with Crippen LogP contribution in [-0.4, -0.2) is 54.7 Å². The molecule has 26 heavy (non-hydrogen) atoms. The highest BCUT2D eigenvalue weighted by Crippen LogP contribution is 2.48. The summed E-state index contributed by atoms with van der Waals surface area (Å²) in [6.45, 7) is 0. The van der Waals surface area contributed by atoms with Crippen LogP contribution >= 0.6 is 11.6 Å². The number of carboxylic acid groups (broad SMARTS) is 1. The van der Waals surface area contributed by atoms with Gasteiger partial charge in [-0.05, 0) is 12.8 Å². The molecule has 3 aliphatic rings. The first-order chi connectivity index (χ1) is 12.6. The first-order valence-corrected chi connectivity index (χ1v) is 9.03. The van der Waals surface area contributed by atoms with Crippen molar-refractivity contribution in [3.8, 4) is 0 Å². The Morgan fingerprint density at radius 2 is 1.96 bits per heavy atom. The third kappa shape index (κ3) is 2.34. The van der Waals surface area contributed by atoms with Crippen molar-refractivity contribution >= 4 is 28.7 Å². The summed E-state index contributed by atoms with van der Waals surface area (Å²) in [5, 5.41) is 9.81. The normalized spacial score (nSPS) is 33.0. The van der Waals surface area contributed by atoms with E-state index in [-0.39, 0.29) is 5.15 Å². The molecule has 3 fully saturated rings. The molecule has 9 nitrogen and oxygen atoms in total. The smallest absolute Gasteiger partial charge is 0.335 e. The lowest BCUT2D eigenvalue weighted by Gasteiger charge is -2.33. The molecule has 10 heteroatoms. The fourth-order valence-corrected chi connectivity index (χ4v) is 4.35. The monoisotopic (exact) mass is 380 g/mol. The lowest BCUT2D eigenvalue weighted by atomic mass is 9.94. The zero-order valence-corrected chi connectivity index (χ0v) is 14.5. The number of aromatic nitrogens is 4. The number of carbonyl (C=O) groups is 1. The maximum Gasteiger partial charge on any atom is 0.335 e. The first-order valence-electron chi connectivity index (χ1n) is 8.65. The van der Waals surface area contributed by atoms with Crippen LogP contribution in [-0.2, 0) is 19.0 Å². The third-order valence-corrected chi connectivity index (χ3v) is 5.61. The van der Waals surface area contributed by atoms with Crippen LogP contribution in [0.15, 0.2) is 12.7 Å². The number of carboxylic acids is 1. The number of nitrogens with zero attached hydrogens (tertiary/aromatic N) is 4. The Hall–Kier alpha value is -1.81. The van der Waals surface area contributed by atoms with Gasteiger partial charge < -0.3 is 19.3 Å². The average molecular weight is 381 g/mol. The number of aliphatic carboxylic acids is 1. The zero-order chi connectivity index (χ0) is 17.9. The Morgan fingerprint density at radius 1 is 1.19 bits per heavy atom. The molecule has 2 aromatic rings. The fraction of sp³-hybridized carbons (Fsp3) is 0.625. The summed E-state index contributed by atoms with van der Waals surface area (Å²) in [5.41, 5.74) is 0.896. The predicted octanol–water partition coefficient (Wildman–Crippen LogP) is 1.91. The molecule has 4 heterocycles. The largest absolute Gasteiger partial charge is 0.479 e. The van der Waals surface area contributed by atoms with Gasteiger partial charge in [0.25, 0.3) is 0 Å². The van der Waals surface area contributed by atoms with Crippen molar-refractivity contribution in [1.29, 1.82) is 0 Å². The van der Waals surface area contributed by atoms with Gasteiger partial charge in [-0.3, -0.25) is 4.57 Å². The highest BCUT2D eigenvalue weighted by Gasteiger charge is 2.61. The van der Waals surface area contributed by atoms with Crippen LogP contribution < -0.4 is 0 Å². The van der Waals surface area contributed by atoms with Crippen molar-refractivity contribution in [3.63, 3.8) is 0 Å². The van der Waals surface area contributed by atoms with E-state index in [4.69, 9.17) is 25.8 Å². The second kappa shape index (κ2) is 5.85. The molecule has 2 saturated heterocycles. The Labute approximate surface area is 153 Å². The molecular weight excluding hydrogens is 364 g/mol. The Kier molecular flexibility index (Phi) is 3.68. The van der Waals surface area contributed by atoms with Gasteiger partial charge in [-0.15, -0.1) is 0 Å². The van der Waals surface area contributed by atoms with Gasteiger partial charge in [0, 0.05) is 12.8 Å². The summed E-state index contributed by atoms with van der Waals surface area (Å²) in [5.74, 6) is -1.79. The number of rotatable bonds is 2. The van der Waals surface area contributed by atoms with Gasteiger partial charge in [-0.1, -0.05) is 18.0 Å². The minimum Gasteiger partial charge on any atom is -0.479 e. The topological polar surface area (TPSA) is 109 Å². The van der Waals surface area contributed by atoms with E-state index in [1.807, 2.05) is 0 Å². The average Bonchev–Trinajstić information content (AvgIpc) is 3.28. The van der Waals surface area contributed by atoms with E-state index in [0.717, 1.165) is 32.1 Å². The number of halogens is 1. The molecule has 0 aromatic carbocycles. The van der Waals surface area contributed by atoms with Gasteiger partial charge in [-0.2, -0.15) is 0 Å². The van der Waals surface area contributed by atoms with E-state index in [1.165, 1.54) is 12.7 Å². The maximum absolute atomic E-state index is 11.7. The minimum absolute atomic E-state index is 0.227. The molecule has 1 saturated carbocycles. The number of fused-ring (bicyclic) bond motifs is 2. The summed E-state index contributed by atoms with van der Waals surface area (Å²) in [4.78, 5) is 24.1.